The van der Waals surface area contributed by atoms with Gasteiger partial charge in [0.15, 0.2) is 6.10 Å². The van der Waals surface area contributed by atoms with Crippen molar-refractivity contribution in [1.29, 1.82) is 0 Å². The Morgan fingerprint density at radius 3 is 2.47 bits per heavy atom. The van der Waals surface area contributed by atoms with E-state index in [0.29, 0.717) is 11.3 Å². The molecule has 98 valence electrons. The van der Waals surface area contributed by atoms with E-state index in [4.69, 9.17) is 4.74 Å². The lowest BCUT2D eigenvalue weighted by molar-refractivity contribution is -0.144. The normalized spacial score (nSPS) is 11.8. The summed E-state index contributed by atoms with van der Waals surface area (Å²) in [5.41, 5.74) is 0.971. The van der Waals surface area contributed by atoms with E-state index in [0.717, 1.165) is 5.56 Å². The molecular weight excluding hydrogens is 260 g/mol. The Morgan fingerprint density at radius 2 is 1.89 bits per heavy atom. The summed E-state index contributed by atoms with van der Waals surface area (Å²) in [6.07, 6.45) is -0.351. The SMILES string of the molecule is CC(=O)OC(Cc1ccccc1)C(=O)c1cccs1. The quantitative estimate of drug-likeness (QED) is 0.621. The first kappa shape index (κ1) is 13.5. The molecule has 19 heavy (non-hydrogen) atoms. The maximum Gasteiger partial charge on any atom is 0.303 e. The van der Waals surface area contributed by atoms with Crippen LogP contribution in [0, 0.1) is 0 Å². The monoisotopic (exact) mass is 274 g/mol. The molecule has 0 saturated carbocycles. The zero-order valence-electron chi connectivity index (χ0n) is 10.5. The van der Waals surface area contributed by atoms with Crippen molar-refractivity contribution >= 4 is 23.1 Å². The Kier molecular flexibility index (Phi) is 4.47. The van der Waals surface area contributed by atoms with Crippen molar-refractivity contribution < 1.29 is 14.3 Å². The van der Waals surface area contributed by atoms with E-state index in [1.165, 1.54) is 18.3 Å². The van der Waals surface area contributed by atoms with Gasteiger partial charge in [0, 0.05) is 13.3 Å². The molecule has 0 aliphatic carbocycles. The van der Waals surface area contributed by atoms with Crippen molar-refractivity contribution in [3.05, 3.63) is 58.3 Å². The van der Waals surface area contributed by atoms with Crippen LogP contribution >= 0.6 is 11.3 Å². The molecule has 0 amide bonds. The number of ketones is 1. The molecule has 0 bridgehead atoms. The smallest absolute Gasteiger partial charge is 0.303 e. The van der Waals surface area contributed by atoms with Gasteiger partial charge >= 0.3 is 5.97 Å². The molecule has 1 atom stereocenters. The zero-order valence-corrected chi connectivity index (χ0v) is 11.4. The lowest BCUT2D eigenvalue weighted by Crippen LogP contribution is -2.28. The minimum Gasteiger partial charge on any atom is -0.454 e. The zero-order chi connectivity index (χ0) is 13.7. The van der Waals surface area contributed by atoms with Crippen molar-refractivity contribution in [1.82, 2.24) is 0 Å². The largest absolute Gasteiger partial charge is 0.454 e. The molecule has 0 aliphatic heterocycles. The molecule has 0 spiro atoms. The molecule has 2 aromatic rings. The van der Waals surface area contributed by atoms with E-state index in [2.05, 4.69) is 0 Å². The van der Waals surface area contributed by atoms with Crippen molar-refractivity contribution in [3.63, 3.8) is 0 Å². The number of rotatable bonds is 5. The highest BCUT2D eigenvalue weighted by atomic mass is 32.1. The second-order valence-electron chi connectivity index (χ2n) is 4.13. The van der Waals surface area contributed by atoms with Gasteiger partial charge in [-0.15, -0.1) is 11.3 Å². The summed E-state index contributed by atoms with van der Waals surface area (Å²) in [6, 6.07) is 13.1. The third-order valence-electron chi connectivity index (χ3n) is 2.63. The minimum atomic E-state index is -0.751. The van der Waals surface area contributed by atoms with Gasteiger partial charge in [-0.3, -0.25) is 9.59 Å². The first-order chi connectivity index (χ1) is 9.16. The highest BCUT2D eigenvalue weighted by Gasteiger charge is 2.24. The number of ether oxygens (including phenoxy) is 1. The number of benzene rings is 1. The summed E-state index contributed by atoms with van der Waals surface area (Å²) in [5.74, 6) is -0.583. The van der Waals surface area contributed by atoms with Gasteiger partial charge in [-0.1, -0.05) is 36.4 Å². The molecule has 3 nitrogen and oxygen atoms in total. The van der Waals surface area contributed by atoms with Crippen LogP contribution in [0.4, 0.5) is 0 Å². The van der Waals surface area contributed by atoms with Gasteiger partial charge in [0.05, 0.1) is 4.88 Å². The Balaban J connectivity index is 2.16. The summed E-state index contributed by atoms with van der Waals surface area (Å²) >= 11 is 1.36. The first-order valence-electron chi connectivity index (χ1n) is 5.95. The molecule has 0 fully saturated rings. The van der Waals surface area contributed by atoms with Gasteiger partial charge in [0.25, 0.3) is 0 Å². The average Bonchev–Trinajstić information content (AvgIpc) is 2.91. The van der Waals surface area contributed by atoms with E-state index in [1.807, 2.05) is 41.8 Å². The molecule has 1 aromatic heterocycles. The molecule has 0 N–H and O–H groups in total. The first-order valence-corrected chi connectivity index (χ1v) is 6.83. The number of thiophene rings is 1. The molecule has 1 heterocycles. The standard InChI is InChI=1S/C15H14O3S/c1-11(16)18-13(10-12-6-3-2-4-7-12)15(17)14-8-5-9-19-14/h2-9,13H,10H2,1H3. The fraction of sp³-hybridized carbons (Fsp3) is 0.200. The van der Waals surface area contributed by atoms with Crippen molar-refractivity contribution in [2.24, 2.45) is 0 Å². The van der Waals surface area contributed by atoms with Crippen LogP contribution in [0.3, 0.4) is 0 Å². The fourth-order valence-corrected chi connectivity index (χ4v) is 2.50. The van der Waals surface area contributed by atoms with Crippen LogP contribution in [0.5, 0.6) is 0 Å². The Bertz CT molecular complexity index is 546. The molecule has 2 rings (SSSR count). The van der Waals surface area contributed by atoms with Gasteiger partial charge in [-0.05, 0) is 17.0 Å². The van der Waals surface area contributed by atoms with Crippen LogP contribution in [-0.4, -0.2) is 17.9 Å². The number of hydrogen-bond donors (Lipinski definition) is 0. The van der Waals surface area contributed by atoms with E-state index >= 15 is 0 Å². The summed E-state index contributed by atoms with van der Waals surface area (Å²) < 4.78 is 5.16. The van der Waals surface area contributed by atoms with E-state index in [1.54, 1.807) is 6.07 Å². The van der Waals surface area contributed by atoms with Gasteiger partial charge in [-0.2, -0.15) is 0 Å². The summed E-state index contributed by atoms with van der Waals surface area (Å²) in [4.78, 5) is 24.0. The number of carbonyl (C=O) groups excluding carboxylic acids is 2. The molecule has 1 aromatic carbocycles. The maximum atomic E-state index is 12.3. The van der Waals surface area contributed by atoms with Crippen molar-refractivity contribution in [3.8, 4) is 0 Å². The second kappa shape index (κ2) is 6.29. The third-order valence-corrected chi connectivity index (χ3v) is 3.51. The minimum absolute atomic E-state index is 0.144. The number of carbonyl (C=O) groups is 2. The number of esters is 1. The Morgan fingerprint density at radius 1 is 1.16 bits per heavy atom. The third kappa shape index (κ3) is 3.76. The summed E-state index contributed by atoms with van der Waals surface area (Å²) in [6.45, 7) is 1.32. The van der Waals surface area contributed by atoms with Crippen LogP contribution in [-0.2, 0) is 16.0 Å². The Hall–Kier alpha value is -1.94. The summed E-state index contributed by atoms with van der Waals surface area (Å²) in [7, 11) is 0. The van der Waals surface area contributed by atoms with Crippen LogP contribution in [0.15, 0.2) is 47.8 Å². The predicted molar refractivity (Wildman–Crippen MR) is 74.3 cm³/mol. The van der Waals surface area contributed by atoms with Crippen LogP contribution in [0.25, 0.3) is 0 Å². The van der Waals surface area contributed by atoms with Crippen LogP contribution in [0.1, 0.15) is 22.2 Å². The van der Waals surface area contributed by atoms with Crippen molar-refractivity contribution in [2.45, 2.75) is 19.4 Å². The second-order valence-corrected chi connectivity index (χ2v) is 5.08. The Labute approximate surface area is 115 Å². The van der Waals surface area contributed by atoms with Gasteiger partial charge in [-0.25, -0.2) is 0 Å². The highest BCUT2D eigenvalue weighted by molar-refractivity contribution is 7.12. The summed E-state index contributed by atoms with van der Waals surface area (Å²) in [5, 5.41) is 1.83. The van der Waals surface area contributed by atoms with Gasteiger partial charge < -0.3 is 4.74 Å². The van der Waals surface area contributed by atoms with E-state index in [-0.39, 0.29) is 5.78 Å². The average molecular weight is 274 g/mol. The molecular formula is C15H14O3S. The molecule has 1 unspecified atom stereocenters. The van der Waals surface area contributed by atoms with E-state index in [9.17, 15) is 9.59 Å². The number of Topliss-reactive ketones (excluding diaryl/α,β-unsaturated/α-hetero) is 1. The molecule has 4 heteroatoms. The maximum absolute atomic E-state index is 12.3. The lowest BCUT2D eigenvalue weighted by Gasteiger charge is -2.15. The molecule has 0 radical (unpaired) electrons. The van der Waals surface area contributed by atoms with Crippen LogP contribution in [0.2, 0.25) is 0 Å². The van der Waals surface area contributed by atoms with Crippen molar-refractivity contribution in [2.75, 3.05) is 0 Å². The van der Waals surface area contributed by atoms with E-state index < -0.39 is 12.1 Å². The predicted octanol–water partition coefficient (Wildman–Crippen LogP) is 3.11. The van der Waals surface area contributed by atoms with Gasteiger partial charge in [0.1, 0.15) is 0 Å². The van der Waals surface area contributed by atoms with Crippen LogP contribution < -0.4 is 0 Å². The molecule has 0 saturated heterocycles. The fourth-order valence-electron chi connectivity index (χ4n) is 1.79. The topological polar surface area (TPSA) is 43.4 Å². The number of hydrogen-bond acceptors (Lipinski definition) is 4. The lowest BCUT2D eigenvalue weighted by atomic mass is 10.0. The highest BCUT2D eigenvalue weighted by Crippen LogP contribution is 2.16. The molecule has 0 aliphatic rings. The van der Waals surface area contributed by atoms with Gasteiger partial charge in [0.2, 0.25) is 5.78 Å².